The van der Waals surface area contributed by atoms with Crippen molar-refractivity contribution in [3.05, 3.63) is 0 Å². The Kier molecular flexibility index (Phi) is 13.7. The molecule has 38 heavy (non-hydrogen) atoms. The second-order valence-electron chi connectivity index (χ2n) is 9.09. The number of carboxylic acids is 2. The molecule has 1 rings (SSSR count). The van der Waals surface area contributed by atoms with Crippen molar-refractivity contribution < 1.29 is 43.8 Å². The van der Waals surface area contributed by atoms with E-state index >= 15 is 0 Å². The lowest BCUT2D eigenvalue weighted by Crippen LogP contribution is -2.55. The van der Waals surface area contributed by atoms with Gasteiger partial charge in [-0.25, -0.2) is 0 Å². The van der Waals surface area contributed by atoms with Crippen molar-refractivity contribution in [2.75, 3.05) is 66.5 Å². The number of hydrogen-bond donors (Lipinski definition) is 6. The fourth-order valence-corrected chi connectivity index (χ4v) is 3.58. The maximum absolute atomic E-state index is 12.7. The molecule has 1 unspecified atom stereocenters. The first-order valence-corrected chi connectivity index (χ1v) is 12.0. The number of nitrogens with one attached hydrogen (secondary N) is 3. The van der Waals surface area contributed by atoms with E-state index in [1.807, 2.05) is 0 Å². The molecule has 1 aliphatic heterocycles. The Balaban J connectivity index is 2.68. The lowest BCUT2D eigenvalue weighted by molar-refractivity contribution is -0.155. The Bertz CT molecular complexity index is 874. The molecule has 0 aliphatic carbocycles. The third kappa shape index (κ3) is 12.4. The smallest absolute Gasteiger partial charge is 0.317 e. The van der Waals surface area contributed by atoms with Crippen molar-refractivity contribution in [2.24, 2.45) is 11.7 Å². The van der Waals surface area contributed by atoms with Crippen molar-refractivity contribution in [1.82, 2.24) is 30.7 Å². The standard InChI is InChI=1S/C22H37N7O9/c1-27(2)13-19(33)29-9-7-28(8-10-29)12-18(32)26-15(11-14(21(35)36)22(37)38)20(34)25-6-4-17(31)24-5-3-16(23)30/h14-15H,3-13H2,1-2H3,(H2,23,30)(H,24,31)(H,25,34)(H,26,32)(H,35,36)(H,37,38). The first kappa shape index (κ1) is 32.2. The Morgan fingerprint density at radius 2 is 1.45 bits per heavy atom. The van der Waals surface area contributed by atoms with Gasteiger partial charge < -0.3 is 41.7 Å². The molecule has 0 aromatic heterocycles. The maximum Gasteiger partial charge on any atom is 0.317 e. The van der Waals surface area contributed by atoms with Gasteiger partial charge >= 0.3 is 11.9 Å². The van der Waals surface area contributed by atoms with Crippen LogP contribution in [-0.4, -0.2) is 139 Å². The number of carbonyl (C=O) groups excluding carboxylic acids is 5. The van der Waals surface area contributed by atoms with Crippen LogP contribution in [0.25, 0.3) is 0 Å². The van der Waals surface area contributed by atoms with E-state index in [2.05, 4.69) is 16.0 Å². The molecule has 1 saturated heterocycles. The Morgan fingerprint density at radius 1 is 0.868 bits per heavy atom. The molecule has 0 radical (unpaired) electrons. The Hall–Kier alpha value is -3.79. The van der Waals surface area contributed by atoms with E-state index in [1.165, 1.54) is 0 Å². The van der Waals surface area contributed by atoms with Gasteiger partial charge in [0.05, 0.1) is 13.1 Å². The van der Waals surface area contributed by atoms with Gasteiger partial charge in [0.25, 0.3) is 0 Å². The summed E-state index contributed by atoms with van der Waals surface area (Å²) >= 11 is 0. The van der Waals surface area contributed by atoms with Crippen molar-refractivity contribution in [3.63, 3.8) is 0 Å². The number of hydrogen-bond acceptors (Lipinski definition) is 9. The number of carboxylic acid groups (broad SMARTS) is 2. The molecule has 1 atom stereocenters. The highest BCUT2D eigenvalue weighted by atomic mass is 16.4. The zero-order valence-electron chi connectivity index (χ0n) is 21.6. The molecular weight excluding hydrogens is 506 g/mol. The normalized spacial score (nSPS) is 14.6. The van der Waals surface area contributed by atoms with Crippen molar-refractivity contribution in [1.29, 1.82) is 0 Å². The summed E-state index contributed by atoms with van der Waals surface area (Å²) in [7, 11) is 3.57. The van der Waals surface area contributed by atoms with Crippen molar-refractivity contribution >= 4 is 41.5 Å². The summed E-state index contributed by atoms with van der Waals surface area (Å²) in [6, 6.07) is -1.49. The highest BCUT2D eigenvalue weighted by Crippen LogP contribution is 2.09. The molecule has 214 valence electrons. The summed E-state index contributed by atoms with van der Waals surface area (Å²) in [6.07, 6.45) is -0.942. The Morgan fingerprint density at radius 3 is 1.97 bits per heavy atom. The molecule has 16 nitrogen and oxygen atoms in total. The Labute approximate surface area is 219 Å². The minimum atomic E-state index is -1.95. The molecule has 5 amide bonds. The maximum atomic E-state index is 12.7. The minimum absolute atomic E-state index is 0.0256. The average molecular weight is 544 g/mol. The lowest BCUT2D eigenvalue weighted by Gasteiger charge is -2.35. The third-order valence-electron chi connectivity index (χ3n) is 5.61. The number of nitrogens with two attached hydrogens (primary N) is 1. The van der Waals surface area contributed by atoms with Gasteiger partial charge in [0.2, 0.25) is 29.5 Å². The van der Waals surface area contributed by atoms with Crippen LogP contribution in [0.3, 0.4) is 0 Å². The van der Waals surface area contributed by atoms with Crippen LogP contribution in [0.5, 0.6) is 0 Å². The SMILES string of the molecule is CN(C)CC(=O)N1CCN(CC(=O)NC(CC(C(=O)O)C(=O)O)C(=O)NCCC(=O)NCCC(N)=O)CC1. The fraction of sp³-hybridized carbons (Fsp3) is 0.682. The van der Waals surface area contributed by atoms with Gasteiger partial charge in [-0.15, -0.1) is 0 Å². The van der Waals surface area contributed by atoms with Crippen LogP contribution in [0.4, 0.5) is 0 Å². The lowest BCUT2D eigenvalue weighted by atomic mass is 9.99. The van der Waals surface area contributed by atoms with E-state index in [9.17, 15) is 43.8 Å². The van der Waals surface area contributed by atoms with Crippen LogP contribution >= 0.6 is 0 Å². The minimum Gasteiger partial charge on any atom is -0.481 e. The second-order valence-corrected chi connectivity index (χ2v) is 9.09. The molecule has 1 fully saturated rings. The van der Waals surface area contributed by atoms with E-state index < -0.39 is 53.9 Å². The molecule has 0 aromatic rings. The first-order chi connectivity index (χ1) is 17.8. The van der Waals surface area contributed by atoms with Gasteiger partial charge in [0, 0.05) is 58.5 Å². The van der Waals surface area contributed by atoms with Gasteiger partial charge in [0.15, 0.2) is 5.92 Å². The number of piperazine rings is 1. The summed E-state index contributed by atoms with van der Waals surface area (Å²) in [6.45, 7) is 1.59. The quantitative estimate of drug-likeness (QED) is 0.102. The van der Waals surface area contributed by atoms with Crippen LogP contribution in [0, 0.1) is 5.92 Å². The molecular formula is C22H37N7O9. The van der Waals surface area contributed by atoms with Gasteiger partial charge in [0.1, 0.15) is 6.04 Å². The predicted octanol–water partition coefficient (Wildman–Crippen LogP) is -4.15. The summed E-state index contributed by atoms with van der Waals surface area (Å²) in [5, 5.41) is 25.6. The zero-order valence-corrected chi connectivity index (χ0v) is 21.6. The first-order valence-electron chi connectivity index (χ1n) is 12.0. The molecule has 1 heterocycles. The van der Waals surface area contributed by atoms with E-state index in [-0.39, 0.29) is 44.9 Å². The van der Waals surface area contributed by atoms with Gasteiger partial charge in [-0.05, 0) is 14.1 Å². The number of likely N-dealkylation sites (N-methyl/N-ethyl adjacent to an activating group) is 1. The summed E-state index contributed by atoms with van der Waals surface area (Å²) < 4.78 is 0. The summed E-state index contributed by atoms with van der Waals surface area (Å²) in [5.74, 6) is -7.88. The molecule has 0 saturated carbocycles. The number of aliphatic carboxylic acids is 2. The van der Waals surface area contributed by atoms with E-state index in [0.717, 1.165) is 0 Å². The molecule has 1 aliphatic rings. The number of nitrogens with zero attached hydrogens (tertiary/aromatic N) is 3. The van der Waals surface area contributed by atoms with Gasteiger partial charge in [-0.2, -0.15) is 0 Å². The second kappa shape index (κ2) is 16.1. The number of primary amides is 1. The summed E-state index contributed by atoms with van der Waals surface area (Å²) in [4.78, 5) is 87.9. The van der Waals surface area contributed by atoms with E-state index in [4.69, 9.17) is 5.73 Å². The zero-order chi connectivity index (χ0) is 28.8. The largest absolute Gasteiger partial charge is 0.481 e. The third-order valence-corrected chi connectivity index (χ3v) is 5.61. The van der Waals surface area contributed by atoms with Crippen LogP contribution in [0.2, 0.25) is 0 Å². The fourth-order valence-electron chi connectivity index (χ4n) is 3.58. The number of amides is 5. The van der Waals surface area contributed by atoms with Crippen molar-refractivity contribution in [3.8, 4) is 0 Å². The van der Waals surface area contributed by atoms with Crippen molar-refractivity contribution in [2.45, 2.75) is 25.3 Å². The predicted molar refractivity (Wildman–Crippen MR) is 131 cm³/mol. The monoisotopic (exact) mass is 543 g/mol. The van der Waals surface area contributed by atoms with Crippen LogP contribution in [0.15, 0.2) is 0 Å². The van der Waals surface area contributed by atoms with E-state index in [1.54, 1.807) is 28.8 Å². The molecule has 0 bridgehead atoms. The molecule has 16 heteroatoms. The topological polar surface area (TPSA) is 232 Å². The van der Waals surface area contributed by atoms with E-state index in [0.29, 0.717) is 26.2 Å². The molecule has 0 aromatic carbocycles. The highest BCUT2D eigenvalue weighted by molar-refractivity contribution is 5.95. The van der Waals surface area contributed by atoms with Gasteiger partial charge in [-0.3, -0.25) is 38.5 Å². The molecule has 7 N–H and O–H groups in total. The highest BCUT2D eigenvalue weighted by Gasteiger charge is 2.34. The molecule has 0 spiro atoms. The van der Waals surface area contributed by atoms with Crippen LogP contribution in [-0.2, 0) is 33.6 Å². The number of rotatable bonds is 16. The number of carbonyl (C=O) groups is 7. The average Bonchev–Trinajstić information content (AvgIpc) is 2.80. The van der Waals surface area contributed by atoms with Crippen LogP contribution in [0.1, 0.15) is 19.3 Å². The van der Waals surface area contributed by atoms with Crippen LogP contribution < -0.4 is 21.7 Å². The summed E-state index contributed by atoms with van der Waals surface area (Å²) in [5.41, 5.74) is 4.98. The van der Waals surface area contributed by atoms with Gasteiger partial charge in [-0.1, -0.05) is 0 Å².